The molecule has 0 amide bonds. The summed E-state index contributed by atoms with van der Waals surface area (Å²) in [6.07, 6.45) is 1.68. The summed E-state index contributed by atoms with van der Waals surface area (Å²) in [7, 11) is 0. The van der Waals surface area contributed by atoms with E-state index in [4.69, 9.17) is 5.73 Å². The lowest BCUT2D eigenvalue weighted by atomic mass is 9.92. The number of benzene rings is 1. The molecule has 2 atom stereocenters. The van der Waals surface area contributed by atoms with Crippen molar-refractivity contribution in [3.05, 3.63) is 35.6 Å². The Morgan fingerprint density at radius 2 is 2.19 bits per heavy atom. The number of halogens is 1. The minimum absolute atomic E-state index is 0.110. The van der Waals surface area contributed by atoms with Crippen LogP contribution in [0.2, 0.25) is 0 Å². The minimum Gasteiger partial charge on any atom is -0.330 e. The number of hydrazine groups is 1. The molecule has 0 spiro atoms. The Labute approximate surface area is 95.2 Å². The lowest BCUT2D eigenvalue weighted by molar-refractivity contribution is 0.427. The van der Waals surface area contributed by atoms with E-state index < -0.39 is 0 Å². The summed E-state index contributed by atoms with van der Waals surface area (Å²) in [5.74, 6) is 0.307. The van der Waals surface area contributed by atoms with E-state index in [0.29, 0.717) is 18.5 Å². The Hall–Kier alpha value is -0.970. The van der Waals surface area contributed by atoms with E-state index in [2.05, 4.69) is 10.9 Å². The van der Waals surface area contributed by atoms with Gasteiger partial charge in [0, 0.05) is 12.6 Å². The quantitative estimate of drug-likeness (QED) is 0.708. The standard InChI is InChI=1S/C12H18FN3/c13-11-4-2-1-3-9(11)7-10-8-15-16-12(10)5-6-14/h1-4,10,12,15-16H,5-8,14H2. The van der Waals surface area contributed by atoms with Gasteiger partial charge in [0.1, 0.15) is 5.82 Å². The molecule has 0 saturated carbocycles. The van der Waals surface area contributed by atoms with Crippen molar-refractivity contribution >= 4 is 0 Å². The van der Waals surface area contributed by atoms with Gasteiger partial charge in [-0.15, -0.1) is 0 Å². The van der Waals surface area contributed by atoms with Crippen LogP contribution in [0, 0.1) is 11.7 Å². The predicted molar refractivity (Wildman–Crippen MR) is 62.2 cm³/mol. The van der Waals surface area contributed by atoms with Crippen LogP contribution in [0.25, 0.3) is 0 Å². The van der Waals surface area contributed by atoms with Gasteiger partial charge in [0.2, 0.25) is 0 Å². The van der Waals surface area contributed by atoms with Gasteiger partial charge < -0.3 is 5.73 Å². The average molecular weight is 223 g/mol. The zero-order valence-electron chi connectivity index (χ0n) is 9.25. The van der Waals surface area contributed by atoms with Gasteiger partial charge in [0.25, 0.3) is 0 Å². The molecule has 4 heteroatoms. The molecular formula is C12H18FN3. The lowest BCUT2D eigenvalue weighted by Gasteiger charge is -2.17. The average Bonchev–Trinajstić information content (AvgIpc) is 2.70. The molecule has 1 aromatic rings. The van der Waals surface area contributed by atoms with Crippen LogP contribution in [0.3, 0.4) is 0 Å². The molecule has 0 aromatic heterocycles. The van der Waals surface area contributed by atoms with Crippen molar-refractivity contribution in [3.63, 3.8) is 0 Å². The van der Waals surface area contributed by atoms with Crippen molar-refractivity contribution in [1.29, 1.82) is 0 Å². The SMILES string of the molecule is NCCC1NNCC1Cc1ccccc1F. The van der Waals surface area contributed by atoms with E-state index in [1.54, 1.807) is 6.07 Å². The molecule has 0 radical (unpaired) electrons. The molecule has 1 aliphatic rings. The fourth-order valence-electron chi connectivity index (χ4n) is 2.23. The maximum atomic E-state index is 13.5. The van der Waals surface area contributed by atoms with Crippen molar-refractivity contribution in [2.24, 2.45) is 11.7 Å². The van der Waals surface area contributed by atoms with Crippen LogP contribution in [0.15, 0.2) is 24.3 Å². The fraction of sp³-hybridized carbons (Fsp3) is 0.500. The molecule has 1 aromatic carbocycles. The first-order chi connectivity index (χ1) is 7.81. The van der Waals surface area contributed by atoms with Gasteiger partial charge in [0.05, 0.1) is 0 Å². The molecule has 1 heterocycles. The highest BCUT2D eigenvalue weighted by molar-refractivity contribution is 5.18. The minimum atomic E-state index is -0.110. The number of hydrogen-bond acceptors (Lipinski definition) is 3. The van der Waals surface area contributed by atoms with E-state index in [9.17, 15) is 4.39 Å². The smallest absolute Gasteiger partial charge is 0.126 e. The van der Waals surface area contributed by atoms with Crippen molar-refractivity contribution in [1.82, 2.24) is 10.9 Å². The van der Waals surface area contributed by atoms with Crippen LogP contribution in [0.5, 0.6) is 0 Å². The monoisotopic (exact) mass is 223 g/mol. The van der Waals surface area contributed by atoms with E-state index in [0.717, 1.165) is 24.9 Å². The molecule has 1 fully saturated rings. The lowest BCUT2D eigenvalue weighted by Crippen LogP contribution is -2.34. The van der Waals surface area contributed by atoms with Crippen LogP contribution >= 0.6 is 0 Å². The highest BCUT2D eigenvalue weighted by Gasteiger charge is 2.26. The molecule has 2 unspecified atom stereocenters. The van der Waals surface area contributed by atoms with Gasteiger partial charge in [0.15, 0.2) is 0 Å². The Balaban J connectivity index is 2.01. The van der Waals surface area contributed by atoms with Gasteiger partial charge in [-0.25, -0.2) is 4.39 Å². The molecule has 1 aliphatic heterocycles. The van der Waals surface area contributed by atoms with Gasteiger partial charge in [-0.3, -0.25) is 10.9 Å². The second-order valence-corrected chi connectivity index (χ2v) is 4.26. The van der Waals surface area contributed by atoms with Crippen LogP contribution < -0.4 is 16.6 Å². The summed E-state index contributed by atoms with van der Waals surface area (Å²) < 4.78 is 13.5. The maximum absolute atomic E-state index is 13.5. The number of hydrogen-bond donors (Lipinski definition) is 3. The van der Waals surface area contributed by atoms with Gasteiger partial charge >= 0.3 is 0 Å². The molecule has 0 aliphatic carbocycles. The van der Waals surface area contributed by atoms with Gasteiger partial charge in [-0.2, -0.15) is 0 Å². The molecular weight excluding hydrogens is 205 g/mol. The summed E-state index contributed by atoms with van der Waals surface area (Å²) in [4.78, 5) is 0. The van der Waals surface area contributed by atoms with Crippen LogP contribution in [-0.4, -0.2) is 19.1 Å². The van der Waals surface area contributed by atoms with Crippen molar-refractivity contribution < 1.29 is 4.39 Å². The zero-order valence-corrected chi connectivity index (χ0v) is 9.25. The molecule has 88 valence electrons. The summed E-state index contributed by atoms with van der Waals surface area (Å²) >= 11 is 0. The molecule has 3 nitrogen and oxygen atoms in total. The second kappa shape index (κ2) is 5.39. The predicted octanol–water partition coefficient (Wildman–Crippen LogP) is 0.810. The highest BCUT2D eigenvalue weighted by Crippen LogP contribution is 2.18. The molecule has 0 bridgehead atoms. The van der Waals surface area contributed by atoms with E-state index >= 15 is 0 Å². The van der Waals surface area contributed by atoms with Crippen LogP contribution in [-0.2, 0) is 6.42 Å². The van der Waals surface area contributed by atoms with Crippen LogP contribution in [0.4, 0.5) is 4.39 Å². The Kier molecular flexibility index (Phi) is 3.88. The topological polar surface area (TPSA) is 50.1 Å². The highest BCUT2D eigenvalue weighted by atomic mass is 19.1. The molecule has 4 N–H and O–H groups in total. The first kappa shape index (κ1) is 11.5. The summed E-state index contributed by atoms with van der Waals surface area (Å²) in [5, 5.41) is 0. The zero-order chi connectivity index (χ0) is 11.4. The normalized spacial score (nSPS) is 24.9. The van der Waals surface area contributed by atoms with Crippen molar-refractivity contribution in [3.8, 4) is 0 Å². The maximum Gasteiger partial charge on any atom is 0.126 e. The third-order valence-electron chi connectivity index (χ3n) is 3.14. The third-order valence-corrected chi connectivity index (χ3v) is 3.14. The molecule has 16 heavy (non-hydrogen) atoms. The van der Waals surface area contributed by atoms with E-state index in [1.165, 1.54) is 6.07 Å². The summed E-state index contributed by atoms with van der Waals surface area (Å²) in [5.41, 5.74) is 12.7. The Morgan fingerprint density at radius 1 is 1.38 bits per heavy atom. The summed E-state index contributed by atoms with van der Waals surface area (Å²) in [6, 6.07) is 7.33. The molecule has 2 rings (SSSR count). The first-order valence-electron chi connectivity index (χ1n) is 5.73. The largest absolute Gasteiger partial charge is 0.330 e. The Bertz CT molecular complexity index is 343. The van der Waals surface area contributed by atoms with Crippen LogP contribution in [0.1, 0.15) is 12.0 Å². The Morgan fingerprint density at radius 3 is 2.94 bits per heavy atom. The number of nitrogens with two attached hydrogens (primary N) is 1. The van der Waals surface area contributed by atoms with E-state index in [1.807, 2.05) is 12.1 Å². The molecule has 1 saturated heterocycles. The van der Waals surface area contributed by atoms with Gasteiger partial charge in [-0.1, -0.05) is 18.2 Å². The second-order valence-electron chi connectivity index (χ2n) is 4.26. The van der Waals surface area contributed by atoms with E-state index in [-0.39, 0.29) is 5.82 Å². The fourth-order valence-corrected chi connectivity index (χ4v) is 2.23. The number of rotatable bonds is 4. The first-order valence-corrected chi connectivity index (χ1v) is 5.73. The number of nitrogens with one attached hydrogen (secondary N) is 2. The van der Waals surface area contributed by atoms with Gasteiger partial charge in [-0.05, 0) is 36.9 Å². The summed E-state index contributed by atoms with van der Waals surface area (Å²) in [6.45, 7) is 1.53. The van der Waals surface area contributed by atoms with Crippen molar-refractivity contribution in [2.75, 3.05) is 13.1 Å². The van der Waals surface area contributed by atoms with Crippen molar-refractivity contribution in [2.45, 2.75) is 18.9 Å². The third kappa shape index (κ3) is 2.58.